The van der Waals surface area contributed by atoms with Crippen molar-refractivity contribution in [3.8, 4) is 5.75 Å². The Kier molecular flexibility index (Phi) is 5.02. The molecular formula is C20H19FN2O3. The van der Waals surface area contributed by atoms with Crippen LogP contribution in [0.3, 0.4) is 0 Å². The number of rotatable bonds is 5. The SMILES string of the molecule is Cc1ccc(NC(=O)c2ccc(OCc3c(C)noc3C)cc2)cc1F. The lowest BCUT2D eigenvalue weighted by Crippen LogP contribution is -2.12. The summed E-state index contributed by atoms with van der Waals surface area (Å²) in [5, 5.41) is 6.56. The molecule has 0 aliphatic rings. The highest BCUT2D eigenvalue weighted by molar-refractivity contribution is 6.04. The highest BCUT2D eigenvalue weighted by atomic mass is 19.1. The van der Waals surface area contributed by atoms with Crippen LogP contribution in [0, 0.1) is 26.6 Å². The molecule has 3 aromatic rings. The van der Waals surface area contributed by atoms with Gasteiger partial charge in [-0.15, -0.1) is 0 Å². The Balaban J connectivity index is 1.63. The zero-order valence-electron chi connectivity index (χ0n) is 14.8. The van der Waals surface area contributed by atoms with E-state index in [2.05, 4.69) is 10.5 Å². The maximum Gasteiger partial charge on any atom is 0.255 e. The number of anilines is 1. The van der Waals surface area contributed by atoms with E-state index in [1.165, 1.54) is 6.07 Å². The smallest absolute Gasteiger partial charge is 0.255 e. The first kappa shape index (κ1) is 17.7. The largest absolute Gasteiger partial charge is 0.489 e. The Bertz CT molecular complexity index is 913. The van der Waals surface area contributed by atoms with Crippen LogP contribution in [0.15, 0.2) is 47.0 Å². The van der Waals surface area contributed by atoms with Gasteiger partial charge >= 0.3 is 0 Å². The van der Waals surface area contributed by atoms with Gasteiger partial charge in [0, 0.05) is 11.3 Å². The Morgan fingerprint density at radius 2 is 1.88 bits per heavy atom. The summed E-state index contributed by atoms with van der Waals surface area (Å²) < 4.78 is 24.4. The van der Waals surface area contributed by atoms with Crippen molar-refractivity contribution in [2.45, 2.75) is 27.4 Å². The summed E-state index contributed by atoms with van der Waals surface area (Å²) in [5.41, 5.74) is 3.10. The number of amides is 1. The van der Waals surface area contributed by atoms with Crippen LogP contribution in [0.5, 0.6) is 5.75 Å². The van der Waals surface area contributed by atoms with Gasteiger partial charge in [0.05, 0.1) is 11.3 Å². The van der Waals surface area contributed by atoms with E-state index < -0.39 is 0 Å². The predicted molar refractivity (Wildman–Crippen MR) is 95.8 cm³/mol. The summed E-state index contributed by atoms with van der Waals surface area (Å²) in [6, 6.07) is 11.3. The molecule has 134 valence electrons. The highest BCUT2D eigenvalue weighted by Gasteiger charge is 2.11. The van der Waals surface area contributed by atoms with Gasteiger partial charge in [0.1, 0.15) is 23.9 Å². The second-order valence-corrected chi connectivity index (χ2v) is 6.03. The van der Waals surface area contributed by atoms with E-state index in [0.717, 1.165) is 17.0 Å². The highest BCUT2D eigenvalue weighted by Crippen LogP contribution is 2.19. The molecule has 0 unspecified atom stereocenters. The number of carbonyl (C=O) groups excluding carboxylic acids is 1. The minimum atomic E-state index is -0.356. The molecule has 0 bridgehead atoms. The number of aryl methyl sites for hydroxylation is 3. The Morgan fingerprint density at radius 3 is 2.50 bits per heavy atom. The predicted octanol–water partition coefficient (Wildman–Crippen LogP) is 4.57. The van der Waals surface area contributed by atoms with Crippen LogP contribution >= 0.6 is 0 Å². The number of aromatic nitrogens is 1. The number of carbonyl (C=O) groups is 1. The Labute approximate surface area is 150 Å². The molecular weight excluding hydrogens is 335 g/mol. The first-order chi connectivity index (χ1) is 12.4. The van der Waals surface area contributed by atoms with Crippen LogP contribution in [-0.4, -0.2) is 11.1 Å². The van der Waals surface area contributed by atoms with E-state index in [-0.39, 0.29) is 11.7 Å². The van der Waals surface area contributed by atoms with Gasteiger partial charge in [0.15, 0.2) is 0 Å². The normalized spacial score (nSPS) is 10.6. The minimum absolute atomic E-state index is 0.314. The Morgan fingerprint density at radius 1 is 1.15 bits per heavy atom. The topological polar surface area (TPSA) is 64.4 Å². The van der Waals surface area contributed by atoms with Gasteiger partial charge < -0.3 is 14.6 Å². The molecule has 0 radical (unpaired) electrons. The van der Waals surface area contributed by atoms with Gasteiger partial charge in [0.25, 0.3) is 5.91 Å². The van der Waals surface area contributed by atoms with Gasteiger partial charge in [0.2, 0.25) is 0 Å². The van der Waals surface area contributed by atoms with E-state index in [1.54, 1.807) is 43.3 Å². The van der Waals surface area contributed by atoms with E-state index in [4.69, 9.17) is 9.26 Å². The molecule has 0 saturated heterocycles. The van der Waals surface area contributed by atoms with Crippen LogP contribution in [0.4, 0.5) is 10.1 Å². The van der Waals surface area contributed by atoms with Gasteiger partial charge in [-0.25, -0.2) is 4.39 Å². The van der Waals surface area contributed by atoms with Crippen LogP contribution in [0.1, 0.15) is 32.9 Å². The van der Waals surface area contributed by atoms with E-state index in [9.17, 15) is 9.18 Å². The summed E-state index contributed by atoms with van der Waals surface area (Å²) >= 11 is 0. The van der Waals surface area contributed by atoms with Crippen molar-refractivity contribution >= 4 is 11.6 Å². The number of hydrogen-bond donors (Lipinski definition) is 1. The molecule has 0 aliphatic carbocycles. The van der Waals surface area contributed by atoms with Crippen LogP contribution < -0.4 is 10.1 Å². The summed E-state index contributed by atoms with van der Waals surface area (Å²) in [4.78, 5) is 12.3. The first-order valence-electron chi connectivity index (χ1n) is 8.16. The molecule has 1 heterocycles. The molecule has 2 aromatic carbocycles. The number of benzene rings is 2. The molecule has 6 heteroatoms. The molecule has 1 aromatic heterocycles. The van der Waals surface area contributed by atoms with E-state index in [1.807, 2.05) is 13.8 Å². The number of nitrogens with one attached hydrogen (secondary N) is 1. The molecule has 0 atom stereocenters. The molecule has 0 fully saturated rings. The van der Waals surface area contributed by atoms with E-state index in [0.29, 0.717) is 29.2 Å². The second kappa shape index (κ2) is 7.39. The molecule has 5 nitrogen and oxygen atoms in total. The van der Waals surface area contributed by atoms with Gasteiger partial charge in [-0.2, -0.15) is 0 Å². The quantitative estimate of drug-likeness (QED) is 0.729. The Hall–Kier alpha value is -3.15. The maximum atomic E-state index is 13.6. The lowest BCUT2D eigenvalue weighted by atomic mass is 10.1. The van der Waals surface area contributed by atoms with Crippen molar-refractivity contribution < 1.29 is 18.4 Å². The average Bonchev–Trinajstić information content (AvgIpc) is 2.95. The second-order valence-electron chi connectivity index (χ2n) is 6.03. The van der Waals surface area contributed by atoms with Crippen LogP contribution in [0.2, 0.25) is 0 Å². The summed E-state index contributed by atoms with van der Waals surface area (Å²) in [6.45, 7) is 5.70. The van der Waals surface area contributed by atoms with Crippen molar-refractivity contribution in [1.29, 1.82) is 0 Å². The minimum Gasteiger partial charge on any atom is -0.489 e. The van der Waals surface area contributed by atoms with Crippen molar-refractivity contribution in [2.75, 3.05) is 5.32 Å². The third kappa shape index (κ3) is 3.91. The van der Waals surface area contributed by atoms with Crippen LogP contribution in [-0.2, 0) is 6.61 Å². The third-order valence-corrected chi connectivity index (χ3v) is 4.11. The molecule has 3 rings (SSSR count). The molecule has 26 heavy (non-hydrogen) atoms. The zero-order chi connectivity index (χ0) is 18.7. The summed E-state index contributed by atoms with van der Waals surface area (Å²) in [5.74, 6) is 0.683. The molecule has 0 aliphatic heterocycles. The van der Waals surface area contributed by atoms with Gasteiger partial charge in [-0.05, 0) is 62.7 Å². The lowest BCUT2D eigenvalue weighted by Gasteiger charge is -2.08. The fraction of sp³-hybridized carbons (Fsp3) is 0.200. The number of nitrogens with zero attached hydrogens (tertiary/aromatic N) is 1. The molecule has 1 amide bonds. The lowest BCUT2D eigenvalue weighted by molar-refractivity contribution is 0.102. The van der Waals surface area contributed by atoms with Crippen molar-refractivity contribution in [1.82, 2.24) is 5.16 Å². The number of halogens is 1. The van der Waals surface area contributed by atoms with Gasteiger partial charge in [-0.1, -0.05) is 11.2 Å². The molecule has 1 N–H and O–H groups in total. The first-order valence-corrected chi connectivity index (χ1v) is 8.16. The van der Waals surface area contributed by atoms with Gasteiger partial charge in [-0.3, -0.25) is 4.79 Å². The van der Waals surface area contributed by atoms with Crippen LogP contribution in [0.25, 0.3) is 0 Å². The van der Waals surface area contributed by atoms with E-state index >= 15 is 0 Å². The zero-order valence-corrected chi connectivity index (χ0v) is 14.8. The molecule has 0 saturated carbocycles. The monoisotopic (exact) mass is 354 g/mol. The van der Waals surface area contributed by atoms with Crippen molar-refractivity contribution in [3.63, 3.8) is 0 Å². The fourth-order valence-electron chi connectivity index (χ4n) is 2.44. The summed E-state index contributed by atoms with van der Waals surface area (Å²) in [6.07, 6.45) is 0. The number of hydrogen-bond acceptors (Lipinski definition) is 4. The maximum absolute atomic E-state index is 13.6. The molecule has 0 spiro atoms. The average molecular weight is 354 g/mol. The standard InChI is InChI=1S/C20H19FN2O3/c1-12-4-7-16(10-19(12)21)22-20(24)15-5-8-17(9-6-15)25-11-18-13(2)23-26-14(18)3/h4-10H,11H2,1-3H3,(H,22,24). The third-order valence-electron chi connectivity index (χ3n) is 4.11. The fourth-order valence-corrected chi connectivity index (χ4v) is 2.44. The van der Waals surface area contributed by atoms with Crippen molar-refractivity contribution in [3.05, 3.63) is 76.4 Å². The summed E-state index contributed by atoms with van der Waals surface area (Å²) in [7, 11) is 0. The number of ether oxygens (including phenoxy) is 1. The van der Waals surface area contributed by atoms with Crippen molar-refractivity contribution in [2.24, 2.45) is 0 Å².